The van der Waals surface area contributed by atoms with Crippen molar-refractivity contribution in [2.45, 2.75) is 18.3 Å². The number of aromatic carboxylic acids is 1. The molecule has 136 valence electrons. The molecule has 0 spiro atoms. The molecule has 6 nitrogen and oxygen atoms in total. The van der Waals surface area contributed by atoms with Gasteiger partial charge in [0, 0.05) is 0 Å². The summed E-state index contributed by atoms with van der Waals surface area (Å²) in [5, 5.41) is 34.7. The van der Waals surface area contributed by atoms with Crippen LogP contribution in [0.1, 0.15) is 28.8 Å². The molecule has 4 N–H and O–H groups in total. The van der Waals surface area contributed by atoms with Crippen LogP contribution in [-0.2, 0) is 10.2 Å². The zero-order chi connectivity index (χ0) is 19.5. The summed E-state index contributed by atoms with van der Waals surface area (Å²) in [6.07, 6.45) is 1.32. The van der Waals surface area contributed by atoms with Gasteiger partial charge in [0.2, 0.25) is 0 Å². The van der Waals surface area contributed by atoms with Crippen molar-refractivity contribution in [2.75, 3.05) is 0 Å². The molecule has 0 bridgehead atoms. The van der Waals surface area contributed by atoms with Crippen LogP contribution >= 0.6 is 0 Å². The van der Waals surface area contributed by atoms with Gasteiger partial charge in [0.15, 0.2) is 0 Å². The van der Waals surface area contributed by atoms with E-state index < -0.39 is 30.3 Å². The Bertz CT molecular complexity index is 819. The maximum absolute atomic E-state index is 12.7. The second kappa shape index (κ2) is 7.63. The van der Waals surface area contributed by atoms with E-state index in [0.29, 0.717) is 18.4 Å². The third-order valence-corrected chi connectivity index (χ3v) is 4.02. The van der Waals surface area contributed by atoms with Crippen molar-refractivity contribution in [1.29, 1.82) is 0 Å². The van der Waals surface area contributed by atoms with Crippen LogP contribution in [0.3, 0.4) is 0 Å². The minimum atomic E-state index is -1.87. The van der Waals surface area contributed by atoms with E-state index in [4.69, 9.17) is 20.3 Å². The summed E-state index contributed by atoms with van der Waals surface area (Å²) in [5.41, 5.74) is -0.504. The van der Waals surface area contributed by atoms with E-state index in [1.165, 1.54) is 12.1 Å². The lowest BCUT2D eigenvalue weighted by Gasteiger charge is -2.08. The quantitative estimate of drug-likeness (QED) is 0.605. The van der Waals surface area contributed by atoms with Crippen molar-refractivity contribution in [2.24, 2.45) is 0 Å². The normalized spacial score (nSPS) is 14.0. The van der Waals surface area contributed by atoms with Gasteiger partial charge in [-0.25, -0.2) is 13.6 Å². The van der Waals surface area contributed by atoms with Crippen LogP contribution in [0, 0.1) is 11.6 Å². The lowest BCUT2D eigenvalue weighted by molar-refractivity contribution is -0.140. The van der Waals surface area contributed by atoms with Crippen molar-refractivity contribution in [3.05, 3.63) is 65.2 Å². The van der Waals surface area contributed by atoms with E-state index in [1.807, 2.05) is 0 Å². The fourth-order valence-corrected chi connectivity index (χ4v) is 2.40. The van der Waals surface area contributed by atoms with Crippen molar-refractivity contribution >= 4 is 24.5 Å². The Morgan fingerprint density at radius 3 is 1.92 bits per heavy atom. The SMILES string of the molecule is O=C(O)C1(c2ccc(F)cc2)CC1.O=C(O)c1cc(F)cc(B(O)O)c1. The van der Waals surface area contributed by atoms with Gasteiger partial charge in [-0.15, -0.1) is 0 Å². The number of carboxylic acids is 2. The van der Waals surface area contributed by atoms with Gasteiger partial charge in [0.05, 0.1) is 11.0 Å². The molecule has 0 unspecified atom stereocenters. The van der Waals surface area contributed by atoms with Crippen molar-refractivity contribution in [3.8, 4) is 0 Å². The van der Waals surface area contributed by atoms with Crippen molar-refractivity contribution in [3.63, 3.8) is 0 Å². The Labute approximate surface area is 147 Å². The Morgan fingerprint density at radius 1 is 0.923 bits per heavy atom. The maximum Gasteiger partial charge on any atom is 0.488 e. The number of carboxylic acid groups (broad SMARTS) is 2. The van der Waals surface area contributed by atoms with Crippen LogP contribution < -0.4 is 5.46 Å². The lowest BCUT2D eigenvalue weighted by atomic mass is 9.79. The molecule has 1 aliphatic carbocycles. The van der Waals surface area contributed by atoms with Gasteiger partial charge in [-0.1, -0.05) is 12.1 Å². The molecule has 0 heterocycles. The van der Waals surface area contributed by atoms with E-state index in [-0.39, 0.29) is 16.8 Å². The minimum absolute atomic E-state index is 0.183. The largest absolute Gasteiger partial charge is 0.488 e. The first-order valence-corrected chi connectivity index (χ1v) is 7.55. The lowest BCUT2D eigenvalue weighted by Crippen LogP contribution is -2.30. The molecule has 2 aromatic rings. The summed E-state index contributed by atoms with van der Waals surface area (Å²) in [7, 11) is -1.87. The third-order valence-electron chi connectivity index (χ3n) is 4.02. The summed E-state index contributed by atoms with van der Waals surface area (Å²) in [6, 6.07) is 8.37. The molecule has 0 aromatic heterocycles. The first kappa shape index (κ1) is 19.5. The topological polar surface area (TPSA) is 115 Å². The van der Waals surface area contributed by atoms with Crippen LogP contribution in [0.4, 0.5) is 8.78 Å². The number of hydrogen-bond acceptors (Lipinski definition) is 4. The maximum atomic E-state index is 12.7. The average molecular weight is 364 g/mol. The standard InChI is InChI=1S/C10H9FO2.C7H6BFO4/c11-8-3-1-7(2-4-8)10(5-6-10)9(12)13;9-6-2-4(7(10)11)1-5(3-6)8(12)13/h1-4H,5-6H2,(H,12,13);1-3,12-13H,(H,10,11). The highest BCUT2D eigenvalue weighted by atomic mass is 19.1. The van der Waals surface area contributed by atoms with E-state index in [0.717, 1.165) is 18.2 Å². The molecule has 26 heavy (non-hydrogen) atoms. The van der Waals surface area contributed by atoms with Gasteiger partial charge < -0.3 is 20.3 Å². The van der Waals surface area contributed by atoms with E-state index in [1.54, 1.807) is 12.1 Å². The Morgan fingerprint density at radius 2 is 1.50 bits per heavy atom. The zero-order valence-corrected chi connectivity index (χ0v) is 13.4. The Kier molecular flexibility index (Phi) is 5.74. The molecule has 0 amide bonds. The number of carbonyl (C=O) groups is 2. The number of halogens is 2. The predicted molar refractivity (Wildman–Crippen MR) is 88.1 cm³/mol. The molecule has 0 saturated heterocycles. The molecular formula is C17H15BF2O6. The van der Waals surface area contributed by atoms with Gasteiger partial charge in [0.1, 0.15) is 11.6 Å². The fourth-order valence-electron chi connectivity index (χ4n) is 2.40. The summed E-state index contributed by atoms with van der Waals surface area (Å²) < 4.78 is 25.2. The highest BCUT2D eigenvalue weighted by Crippen LogP contribution is 2.48. The molecule has 1 saturated carbocycles. The minimum Gasteiger partial charge on any atom is -0.481 e. The molecule has 0 radical (unpaired) electrons. The van der Waals surface area contributed by atoms with Gasteiger partial charge in [-0.3, -0.25) is 4.79 Å². The molecule has 0 atom stereocenters. The van der Waals surface area contributed by atoms with E-state index >= 15 is 0 Å². The average Bonchev–Trinajstić information content (AvgIpc) is 3.37. The molecule has 9 heteroatoms. The number of hydrogen-bond donors (Lipinski definition) is 4. The smallest absolute Gasteiger partial charge is 0.481 e. The van der Waals surface area contributed by atoms with Crippen LogP contribution in [0.25, 0.3) is 0 Å². The highest BCUT2D eigenvalue weighted by Gasteiger charge is 2.51. The summed E-state index contributed by atoms with van der Waals surface area (Å²) in [4.78, 5) is 21.3. The van der Waals surface area contributed by atoms with Gasteiger partial charge in [0.25, 0.3) is 0 Å². The monoisotopic (exact) mass is 364 g/mol. The Balaban J connectivity index is 0.000000187. The molecule has 1 aliphatic rings. The summed E-state index contributed by atoms with van der Waals surface area (Å²) in [6.45, 7) is 0. The Hall–Kier alpha value is -2.78. The number of aliphatic carboxylic acids is 1. The summed E-state index contributed by atoms with van der Waals surface area (Å²) in [5.74, 6) is -3.27. The number of rotatable bonds is 4. The molecular weight excluding hydrogens is 349 g/mol. The zero-order valence-electron chi connectivity index (χ0n) is 13.4. The predicted octanol–water partition coefficient (Wildman–Crippen LogP) is 1.15. The van der Waals surface area contributed by atoms with Crippen molar-refractivity contribution < 1.29 is 38.6 Å². The van der Waals surface area contributed by atoms with Crippen LogP contribution in [0.5, 0.6) is 0 Å². The van der Waals surface area contributed by atoms with E-state index in [9.17, 15) is 18.4 Å². The molecule has 2 aromatic carbocycles. The highest BCUT2D eigenvalue weighted by molar-refractivity contribution is 6.58. The van der Waals surface area contributed by atoms with Crippen LogP contribution in [0.15, 0.2) is 42.5 Å². The summed E-state index contributed by atoms with van der Waals surface area (Å²) >= 11 is 0. The number of benzene rings is 2. The van der Waals surface area contributed by atoms with E-state index in [2.05, 4.69) is 0 Å². The van der Waals surface area contributed by atoms with Gasteiger partial charge in [-0.2, -0.15) is 0 Å². The first-order chi connectivity index (χ1) is 12.2. The second-order valence-electron chi connectivity index (χ2n) is 5.85. The van der Waals surface area contributed by atoms with Crippen molar-refractivity contribution in [1.82, 2.24) is 0 Å². The van der Waals surface area contributed by atoms with Crippen LogP contribution in [0.2, 0.25) is 0 Å². The first-order valence-electron chi connectivity index (χ1n) is 7.55. The van der Waals surface area contributed by atoms with Gasteiger partial charge >= 0.3 is 19.1 Å². The third kappa shape index (κ3) is 4.44. The molecule has 3 rings (SSSR count). The molecule has 0 aliphatic heterocycles. The fraction of sp³-hybridized carbons (Fsp3) is 0.176. The molecule has 1 fully saturated rings. The van der Waals surface area contributed by atoms with Crippen LogP contribution in [-0.4, -0.2) is 39.3 Å². The second-order valence-corrected chi connectivity index (χ2v) is 5.85. The van der Waals surface area contributed by atoms with Gasteiger partial charge in [-0.05, 0) is 54.2 Å².